The van der Waals surface area contributed by atoms with Crippen molar-refractivity contribution in [1.82, 2.24) is 9.97 Å². The summed E-state index contributed by atoms with van der Waals surface area (Å²) in [4.78, 5) is 20.7. The minimum atomic E-state index is -1.60. The Bertz CT molecular complexity index is 1160. The smallest absolute Gasteiger partial charge is 0.257 e. The Morgan fingerprint density at radius 1 is 1.14 bits per heavy atom. The third kappa shape index (κ3) is 4.14. The Morgan fingerprint density at radius 3 is 2.69 bits per heavy atom. The molecule has 1 amide bonds. The van der Waals surface area contributed by atoms with Gasteiger partial charge >= 0.3 is 0 Å². The Morgan fingerprint density at radius 2 is 1.97 bits per heavy atom. The normalized spacial score (nSPS) is 11.8. The summed E-state index contributed by atoms with van der Waals surface area (Å²) in [6.07, 6.45) is 4.14. The number of nitrogens with one attached hydrogen (secondary N) is 1. The molecule has 0 spiro atoms. The molecule has 7 heteroatoms. The van der Waals surface area contributed by atoms with E-state index in [0.717, 1.165) is 22.4 Å². The zero-order valence-corrected chi connectivity index (χ0v) is 15.2. The third-order valence-electron chi connectivity index (χ3n) is 4.23. The number of rotatable bonds is 6. The number of hydrogen-bond donors (Lipinski definition) is 1. The standard InChI is InChI=1S/C22H16FN3O3/c1-2-20(23)29-18-7-5-14(6-8-18)22(27)26-21-10-17-9-15(19-12-24-13-28-19)3-4-16(17)11-25-21/h2-13,20H,1H2,(H,25,26,27). The lowest BCUT2D eigenvalue weighted by molar-refractivity contribution is 0.102. The lowest BCUT2D eigenvalue weighted by Crippen LogP contribution is -2.13. The molecular weight excluding hydrogens is 373 g/mol. The van der Waals surface area contributed by atoms with Crippen LogP contribution in [0.5, 0.6) is 5.75 Å². The summed E-state index contributed by atoms with van der Waals surface area (Å²) in [5.74, 6) is 1.03. The highest BCUT2D eigenvalue weighted by molar-refractivity contribution is 6.04. The summed E-state index contributed by atoms with van der Waals surface area (Å²) in [5.41, 5.74) is 1.27. The molecular formula is C22H16FN3O3. The number of carbonyl (C=O) groups is 1. The van der Waals surface area contributed by atoms with Gasteiger partial charge in [0.1, 0.15) is 11.6 Å². The molecule has 4 aromatic rings. The average molecular weight is 389 g/mol. The van der Waals surface area contributed by atoms with Crippen molar-refractivity contribution in [2.75, 3.05) is 5.32 Å². The minimum Gasteiger partial charge on any atom is -0.457 e. The van der Waals surface area contributed by atoms with Gasteiger partial charge in [0.2, 0.25) is 0 Å². The van der Waals surface area contributed by atoms with Crippen molar-refractivity contribution in [3.8, 4) is 17.1 Å². The number of ether oxygens (including phenoxy) is 1. The maximum Gasteiger partial charge on any atom is 0.257 e. The predicted octanol–water partition coefficient (Wildman–Crippen LogP) is 5.00. The van der Waals surface area contributed by atoms with E-state index < -0.39 is 6.36 Å². The Hall–Kier alpha value is -4.00. The minimum absolute atomic E-state index is 0.303. The van der Waals surface area contributed by atoms with Crippen LogP contribution in [-0.4, -0.2) is 22.2 Å². The van der Waals surface area contributed by atoms with Crippen molar-refractivity contribution < 1.29 is 18.3 Å². The fraction of sp³-hybridized carbons (Fsp3) is 0.0455. The number of aromatic nitrogens is 2. The number of alkyl halides is 1. The third-order valence-corrected chi connectivity index (χ3v) is 4.23. The molecule has 0 saturated heterocycles. The molecule has 2 heterocycles. The molecule has 1 unspecified atom stereocenters. The zero-order valence-electron chi connectivity index (χ0n) is 15.2. The highest BCUT2D eigenvalue weighted by atomic mass is 19.1. The van der Waals surface area contributed by atoms with Crippen molar-refractivity contribution in [3.63, 3.8) is 0 Å². The van der Waals surface area contributed by atoms with E-state index in [9.17, 15) is 9.18 Å². The van der Waals surface area contributed by atoms with E-state index in [-0.39, 0.29) is 5.91 Å². The summed E-state index contributed by atoms with van der Waals surface area (Å²) < 4.78 is 23.5. The summed E-state index contributed by atoms with van der Waals surface area (Å²) in [6, 6.07) is 13.7. The van der Waals surface area contributed by atoms with Crippen LogP contribution in [0.2, 0.25) is 0 Å². The van der Waals surface area contributed by atoms with E-state index in [1.807, 2.05) is 18.2 Å². The summed E-state index contributed by atoms with van der Waals surface area (Å²) in [6.45, 7) is 3.31. The van der Waals surface area contributed by atoms with Gasteiger partial charge in [-0.15, -0.1) is 0 Å². The molecule has 0 bridgehead atoms. The molecule has 4 rings (SSSR count). The molecule has 0 fully saturated rings. The monoisotopic (exact) mass is 389 g/mol. The number of anilines is 1. The molecule has 144 valence electrons. The summed E-state index contributed by atoms with van der Waals surface area (Å²) >= 11 is 0. The van der Waals surface area contributed by atoms with Crippen molar-refractivity contribution in [2.45, 2.75) is 6.36 Å². The number of fused-ring (bicyclic) bond motifs is 1. The average Bonchev–Trinajstić information content (AvgIpc) is 3.28. The first-order chi connectivity index (χ1) is 14.1. The molecule has 6 nitrogen and oxygen atoms in total. The molecule has 1 atom stereocenters. The van der Waals surface area contributed by atoms with Crippen LogP contribution in [-0.2, 0) is 0 Å². The van der Waals surface area contributed by atoms with Gasteiger partial charge in [-0.1, -0.05) is 18.7 Å². The molecule has 2 aromatic heterocycles. The fourth-order valence-electron chi connectivity index (χ4n) is 2.77. The van der Waals surface area contributed by atoms with Crippen LogP contribution in [0.3, 0.4) is 0 Å². The summed E-state index contributed by atoms with van der Waals surface area (Å²) in [7, 11) is 0. The van der Waals surface area contributed by atoms with Crippen molar-refractivity contribution in [1.29, 1.82) is 0 Å². The van der Waals surface area contributed by atoms with Crippen LogP contribution >= 0.6 is 0 Å². The Balaban J connectivity index is 1.52. The second-order valence-electron chi connectivity index (χ2n) is 6.18. The first kappa shape index (κ1) is 18.4. The van der Waals surface area contributed by atoms with E-state index in [1.165, 1.54) is 18.5 Å². The number of halogens is 1. The van der Waals surface area contributed by atoms with Gasteiger partial charge in [-0.2, -0.15) is 4.39 Å². The number of amides is 1. The molecule has 0 aliphatic rings. The van der Waals surface area contributed by atoms with E-state index in [2.05, 4.69) is 21.9 Å². The molecule has 2 aromatic carbocycles. The number of nitrogens with zero attached hydrogens (tertiary/aromatic N) is 2. The van der Waals surface area contributed by atoms with Crippen molar-refractivity contribution in [2.24, 2.45) is 0 Å². The molecule has 1 N–H and O–H groups in total. The quantitative estimate of drug-likeness (QED) is 0.470. The molecule has 29 heavy (non-hydrogen) atoms. The van der Waals surface area contributed by atoms with E-state index in [1.54, 1.807) is 30.6 Å². The largest absolute Gasteiger partial charge is 0.457 e. The lowest BCUT2D eigenvalue weighted by Gasteiger charge is -2.09. The van der Waals surface area contributed by atoms with Gasteiger partial charge in [-0.3, -0.25) is 4.79 Å². The van der Waals surface area contributed by atoms with E-state index in [0.29, 0.717) is 22.9 Å². The number of pyridine rings is 1. The Kier molecular flexibility index (Phi) is 5.03. The van der Waals surface area contributed by atoms with E-state index >= 15 is 0 Å². The first-order valence-electron chi connectivity index (χ1n) is 8.76. The molecule has 0 aliphatic heterocycles. The Labute approximate surface area is 165 Å². The maximum atomic E-state index is 13.2. The number of benzene rings is 2. The topological polar surface area (TPSA) is 77.2 Å². The molecule has 0 radical (unpaired) electrons. The van der Waals surface area contributed by atoms with Gasteiger partial charge in [0.05, 0.1) is 6.20 Å². The maximum absolute atomic E-state index is 13.2. The van der Waals surface area contributed by atoms with Crippen molar-refractivity contribution >= 4 is 22.5 Å². The second kappa shape index (κ2) is 7.93. The first-order valence-corrected chi connectivity index (χ1v) is 8.76. The van der Waals surface area contributed by atoms with Crippen LogP contribution in [0.1, 0.15) is 10.4 Å². The van der Waals surface area contributed by atoms with Crippen molar-refractivity contribution in [3.05, 3.63) is 85.5 Å². The van der Waals surface area contributed by atoms with Crippen LogP contribution in [0.15, 0.2) is 84.4 Å². The van der Waals surface area contributed by atoms with Gasteiger partial charge in [0, 0.05) is 22.7 Å². The van der Waals surface area contributed by atoms with Crippen LogP contribution in [0.4, 0.5) is 10.2 Å². The van der Waals surface area contributed by atoms with Gasteiger partial charge < -0.3 is 14.5 Å². The van der Waals surface area contributed by atoms with Gasteiger partial charge in [0.25, 0.3) is 12.3 Å². The zero-order chi connectivity index (χ0) is 20.2. The van der Waals surface area contributed by atoms with Gasteiger partial charge in [0.15, 0.2) is 12.2 Å². The van der Waals surface area contributed by atoms with Crippen LogP contribution in [0.25, 0.3) is 22.1 Å². The number of hydrogen-bond acceptors (Lipinski definition) is 5. The SMILES string of the molecule is C=CC(F)Oc1ccc(C(=O)Nc2cc3cc(-c4cnco4)ccc3cn2)cc1. The lowest BCUT2D eigenvalue weighted by atomic mass is 10.1. The molecule has 0 saturated carbocycles. The second-order valence-corrected chi connectivity index (χ2v) is 6.18. The molecule has 0 aliphatic carbocycles. The predicted molar refractivity (Wildman–Crippen MR) is 107 cm³/mol. The van der Waals surface area contributed by atoms with Gasteiger partial charge in [-0.25, -0.2) is 9.97 Å². The summed E-state index contributed by atoms with van der Waals surface area (Å²) in [5, 5.41) is 4.58. The van der Waals surface area contributed by atoms with Crippen LogP contribution in [0, 0.1) is 0 Å². The highest BCUT2D eigenvalue weighted by Crippen LogP contribution is 2.25. The van der Waals surface area contributed by atoms with Gasteiger partial charge in [-0.05, 0) is 47.9 Å². The van der Waals surface area contributed by atoms with E-state index in [4.69, 9.17) is 9.15 Å². The number of oxazole rings is 1. The fourth-order valence-corrected chi connectivity index (χ4v) is 2.77. The highest BCUT2D eigenvalue weighted by Gasteiger charge is 2.10. The van der Waals surface area contributed by atoms with Crippen LogP contribution < -0.4 is 10.1 Å². The number of carbonyl (C=O) groups excluding carboxylic acids is 1.